The molecule has 0 aliphatic heterocycles. The van der Waals surface area contributed by atoms with E-state index in [9.17, 15) is 24.8 Å². The first kappa shape index (κ1) is 17.5. The second-order valence-corrected chi connectivity index (χ2v) is 4.84. The van der Waals surface area contributed by atoms with Gasteiger partial charge < -0.3 is 20.5 Å². The molecule has 1 aromatic rings. The van der Waals surface area contributed by atoms with Crippen molar-refractivity contribution in [1.82, 2.24) is 5.32 Å². The van der Waals surface area contributed by atoms with E-state index in [2.05, 4.69) is 10.6 Å². The molecule has 0 aliphatic carbocycles. The van der Waals surface area contributed by atoms with Gasteiger partial charge in [-0.3, -0.25) is 19.7 Å². The number of nitrogens with zero attached hydrogens (tertiary/aromatic N) is 1. The Morgan fingerprint density at radius 1 is 1.36 bits per heavy atom. The van der Waals surface area contributed by atoms with E-state index in [4.69, 9.17) is 4.74 Å². The van der Waals surface area contributed by atoms with Gasteiger partial charge in [-0.25, -0.2) is 0 Å². The second-order valence-electron chi connectivity index (χ2n) is 4.84. The maximum Gasteiger partial charge on any atom is 0.313 e. The summed E-state index contributed by atoms with van der Waals surface area (Å²) in [5, 5.41) is 25.0. The van der Waals surface area contributed by atoms with Crippen molar-refractivity contribution >= 4 is 23.2 Å². The Morgan fingerprint density at radius 3 is 2.59 bits per heavy atom. The van der Waals surface area contributed by atoms with Gasteiger partial charge in [0.1, 0.15) is 11.3 Å². The van der Waals surface area contributed by atoms with Crippen LogP contribution < -0.4 is 10.6 Å². The van der Waals surface area contributed by atoms with E-state index < -0.39 is 22.3 Å². The molecule has 0 bridgehead atoms. The molecule has 0 heterocycles. The first-order valence-electron chi connectivity index (χ1n) is 6.31. The predicted octanol–water partition coefficient (Wildman–Crippen LogP) is 0.0469. The van der Waals surface area contributed by atoms with Crippen molar-refractivity contribution in [2.75, 3.05) is 25.6 Å². The molecule has 1 rings (SSSR count). The molecule has 9 nitrogen and oxygen atoms in total. The molecule has 0 saturated heterocycles. The van der Waals surface area contributed by atoms with E-state index in [1.165, 1.54) is 38.3 Å². The number of amides is 2. The van der Waals surface area contributed by atoms with Gasteiger partial charge in [0, 0.05) is 19.7 Å². The quantitative estimate of drug-likeness (QED) is 0.386. The van der Waals surface area contributed by atoms with Gasteiger partial charge in [-0.15, -0.1) is 0 Å². The lowest BCUT2D eigenvalue weighted by Gasteiger charge is -2.22. The Morgan fingerprint density at radius 2 is 2.00 bits per heavy atom. The van der Waals surface area contributed by atoms with Crippen molar-refractivity contribution < 1.29 is 24.4 Å². The molecule has 1 unspecified atom stereocenters. The highest BCUT2D eigenvalue weighted by Gasteiger charge is 2.24. The van der Waals surface area contributed by atoms with E-state index >= 15 is 0 Å². The van der Waals surface area contributed by atoms with Crippen molar-refractivity contribution in [3.05, 3.63) is 34.4 Å². The summed E-state index contributed by atoms with van der Waals surface area (Å²) in [5.41, 5.74) is -1.74. The van der Waals surface area contributed by atoms with Gasteiger partial charge in [-0.2, -0.15) is 0 Å². The summed E-state index contributed by atoms with van der Waals surface area (Å²) in [6.07, 6.45) is 0. The van der Waals surface area contributed by atoms with Crippen molar-refractivity contribution in [2.24, 2.45) is 0 Å². The predicted molar refractivity (Wildman–Crippen MR) is 77.2 cm³/mol. The first-order valence-corrected chi connectivity index (χ1v) is 6.31. The molecule has 120 valence electrons. The van der Waals surface area contributed by atoms with Crippen LogP contribution in [0.2, 0.25) is 0 Å². The number of hydrogen-bond acceptors (Lipinski definition) is 6. The summed E-state index contributed by atoms with van der Waals surface area (Å²) in [6.45, 7) is 1.19. The molecule has 1 aromatic carbocycles. The number of hydrogen-bond donors (Lipinski definition) is 3. The van der Waals surface area contributed by atoms with Gasteiger partial charge in [-0.1, -0.05) is 12.1 Å². The minimum atomic E-state index is -1.33. The van der Waals surface area contributed by atoms with Gasteiger partial charge >= 0.3 is 11.8 Å². The monoisotopic (exact) mass is 311 g/mol. The summed E-state index contributed by atoms with van der Waals surface area (Å²) in [5.74, 6) is -2.09. The zero-order valence-corrected chi connectivity index (χ0v) is 12.2. The molecule has 2 amide bonds. The molecule has 1 atom stereocenters. The molecular weight excluding hydrogens is 294 g/mol. The molecule has 22 heavy (non-hydrogen) atoms. The van der Waals surface area contributed by atoms with Gasteiger partial charge in [0.2, 0.25) is 0 Å². The normalized spacial score (nSPS) is 13.0. The van der Waals surface area contributed by atoms with E-state index in [1.807, 2.05) is 0 Å². The lowest BCUT2D eigenvalue weighted by Crippen LogP contribution is -2.46. The summed E-state index contributed by atoms with van der Waals surface area (Å²) >= 11 is 0. The van der Waals surface area contributed by atoms with Gasteiger partial charge in [-0.05, 0) is 13.0 Å². The van der Waals surface area contributed by atoms with Crippen LogP contribution in [0.25, 0.3) is 0 Å². The Hall–Kier alpha value is -2.52. The number of para-hydroxylation sites is 2. The zero-order valence-electron chi connectivity index (χ0n) is 12.2. The molecule has 9 heteroatoms. The topological polar surface area (TPSA) is 131 Å². The van der Waals surface area contributed by atoms with Crippen LogP contribution in [0.3, 0.4) is 0 Å². The average molecular weight is 311 g/mol. The molecule has 0 aromatic heterocycles. The maximum atomic E-state index is 11.7. The van der Waals surface area contributed by atoms with Crippen molar-refractivity contribution in [2.45, 2.75) is 12.5 Å². The molecular formula is C13H17N3O6. The number of carbonyl (C=O) groups excluding carboxylic acids is 2. The number of nitrogens with one attached hydrogen (secondary N) is 2. The molecule has 0 aliphatic rings. The fourth-order valence-electron chi connectivity index (χ4n) is 1.63. The number of ether oxygens (including phenoxy) is 1. The molecule has 0 radical (unpaired) electrons. The summed E-state index contributed by atoms with van der Waals surface area (Å²) < 4.78 is 4.76. The lowest BCUT2D eigenvalue weighted by atomic mass is 10.1. The highest BCUT2D eigenvalue weighted by Crippen LogP contribution is 2.22. The Labute approximate surface area is 126 Å². The number of nitro benzene ring substituents is 1. The molecule has 0 spiro atoms. The highest BCUT2D eigenvalue weighted by atomic mass is 16.6. The fourth-order valence-corrected chi connectivity index (χ4v) is 1.63. The second kappa shape index (κ2) is 7.48. The third kappa shape index (κ3) is 5.11. The minimum absolute atomic E-state index is 0.0287. The van der Waals surface area contributed by atoms with Crippen LogP contribution in [-0.4, -0.2) is 47.7 Å². The fraction of sp³-hybridized carbons (Fsp3) is 0.385. The third-order valence-electron chi connectivity index (χ3n) is 2.64. The first-order chi connectivity index (χ1) is 10.3. The van der Waals surface area contributed by atoms with Gasteiger partial charge in [0.05, 0.1) is 11.5 Å². The van der Waals surface area contributed by atoms with Crippen LogP contribution in [0.5, 0.6) is 0 Å². The largest absolute Gasteiger partial charge is 0.386 e. The molecule has 0 saturated carbocycles. The lowest BCUT2D eigenvalue weighted by molar-refractivity contribution is -0.383. The third-order valence-corrected chi connectivity index (χ3v) is 2.64. The van der Waals surface area contributed by atoms with Gasteiger partial charge in [0.15, 0.2) is 0 Å². The minimum Gasteiger partial charge on any atom is -0.386 e. The van der Waals surface area contributed by atoms with Crippen molar-refractivity contribution in [3.8, 4) is 0 Å². The zero-order chi connectivity index (χ0) is 16.8. The molecule has 3 N–H and O–H groups in total. The van der Waals surface area contributed by atoms with E-state index in [-0.39, 0.29) is 24.5 Å². The smallest absolute Gasteiger partial charge is 0.313 e. The Balaban J connectivity index is 2.66. The van der Waals surface area contributed by atoms with Crippen molar-refractivity contribution in [3.63, 3.8) is 0 Å². The van der Waals surface area contributed by atoms with E-state index in [1.54, 1.807) is 0 Å². The standard InChI is InChI=1S/C13H17N3O6/c1-13(19,8-22-2)7-14-11(17)12(18)15-9-5-3-4-6-10(9)16(20)21/h3-6,19H,7-8H2,1-2H3,(H,14,17)(H,15,18). The SMILES string of the molecule is COCC(C)(O)CNC(=O)C(=O)Nc1ccccc1[N+](=O)[O-]. The van der Waals surface area contributed by atoms with Crippen LogP contribution in [-0.2, 0) is 14.3 Å². The summed E-state index contributed by atoms with van der Waals surface area (Å²) in [4.78, 5) is 33.5. The van der Waals surface area contributed by atoms with E-state index in [0.717, 1.165) is 0 Å². The van der Waals surface area contributed by atoms with Crippen LogP contribution in [0.15, 0.2) is 24.3 Å². The Kier molecular flexibility index (Phi) is 5.96. The number of carbonyl (C=O) groups is 2. The highest BCUT2D eigenvalue weighted by molar-refractivity contribution is 6.39. The van der Waals surface area contributed by atoms with Crippen LogP contribution >= 0.6 is 0 Å². The number of benzene rings is 1. The van der Waals surface area contributed by atoms with Gasteiger partial charge in [0.25, 0.3) is 5.69 Å². The number of rotatable bonds is 6. The number of anilines is 1. The molecule has 0 fully saturated rings. The van der Waals surface area contributed by atoms with Crippen LogP contribution in [0.4, 0.5) is 11.4 Å². The number of nitro groups is 1. The van der Waals surface area contributed by atoms with E-state index in [0.29, 0.717) is 0 Å². The average Bonchev–Trinajstić information content (AvgIpc) is 2.45. The maximum absolute atomic E-state index is 11.7. The summed E-state index contributed by atoms with van der Waals surface area (Å²) in [7, 11) is 1.39. The number of aliphatic hydroxyl groups is 1. The number of methoxy groups -OCH3 is 1. The Bertz CT molecular complexity index is 573. The van der Waals surface area contributed by atoms with Crippen LogP contribution in [0, 0.1) is 10.1 Å². The van der Waals surface area contributed by atoms with Crippen molar-refractivity contribution in [1.29, 1.82) is 0 Å². The van der Waals surface area contributed by atoms with Crippen LogP contribution in [0.1, 0.15) is 6.92 Å². The summed E-state index contributed by atoms with van der Waals surface area (Å²) in [6, 6.07) is 5.45.